The van der Waals surface area contributed by atoms with Gasteiger partial charge >= 0.3 is 6.09 Å². The van der Waals surface area contributed by atoms with Gasteiger partial charge in [0.2, 0.25) is 0 Å². The Labute approximate surface area is 184 Å². The minimum absolute atomic E-state index is 0.221. The lowest BCUT2D eigenvalue weighted by Gasteiger charge is -2.33. The van der Waals surface area contributed by atoms with E-state index in [1.807, 2.05) is 42.3 Å². The molecule has 1 aliphatic rings. The molecule has 7 nitrogen and oxygen atoms in total. The van der Waals surface area contributed by atoms with Gasteiger partial charge in [-0.2, -0.15) is 0 Å². The average Bonchev–Trinajstić information content (AvgIpc) is 3.20. The average molecular weight is 472 g/mol. The van der Waals surface area contributed by atoms with E-state index in [4.69, 9.17) is 4.74 Å². The highest BCUT2D eigenvalue weighted by molar-refractivity contribution is 9.10. The Morgan fingerprint density at radius 2 is 2.00 bits per heavy atom. The zero-order valence-corrected chi connectivity index (χ0v) is 19.0. The SMILES string of the molecule is CC(C)(C)OC(=O)N1CCC(c2cccc(Nc3ncc(Br)n4ccnc34)c2)CC1. The van der Waals surface area contributed by atoms with E-state index < -0.39 is 5.60 Å². The molecule has 2 aromatic heterocycles. The summed E-state index contributed by atoms with van der Waals surface area (Å²) >= 11 is 3.49. The number of nitrogens with one attached hydrogen (secondary N) is 1. The first kappa shape index (κ1) is 20.7. The van der Waals surface area contributed by atoms with Crippen molar-refractivity contribution >= 4 is 39.2 Å². The predicted molar refractivity (Wildman–Crippen MR) is 120 cm³/mol. The maximum absolute atomic E-state index is 12.3. The molecule has 8 heteroatoms. The summed E-state index contributed by atoms with van der Waals surface area (Å²) < 4.78 is 8.29. The standard InChI is InChI=1S/C22H26BrN5O2/c1-22(2,3)30-21(29)27-10-7-15(8-11-27)16-5-4-6-17(13-16)26-19-20-24-9-12-28(20)18(23)14-25-19/h4-6,9,12-15H,7-8,10-11H2,1-3H3,(H,25,26). The van der Waals surface area contributed by atoms with E-state index in [0.29, 0.717) is 24.8 Å². The van der Waals surface area contributed by atoms with Crippen LogP contribution in [0.5, 0.6) is 0 Å². The maximum atomic E-state index is 12.3. The van der Waals surface area contributed by atoms with E-state index in [-0.39, 0.29) is 6.09 Å². The molecular weight excluding hydrogens is 446 g/mol. The zero-order chi connectivity index (χ0) is 21.3. The fraction of sp³-hybridized carbons (Fsp3) is 0.409. The summed E-state index contributed by atoms with van der Waals surface area (Å²) in [6.45, 7) is 7.11. The third kappa shape index (κ3) is 4.59. The van der Waals surface area contributed by atoms with Crippen molar-refractivity contribution in [1.29, 1.82) is 0 Å². The van der Waals surface area contributed by atoms with Crippen LogP contribution in [0.4, 0.5) is 16.3 Å². The number of carbonyl (C=O) groups is 1. The topological polar surface area (TPSA) is 71.8 Å². The number of nitrogens with zero attached hydrogens (tertiary/aromatic N) is 4. The van der Waals surface area contributed by atoms with Crippen molar-refractivity contribution in [2.24, 2.45) is 0 Å². The van der Waals surface area contributed by atoms with Gasteiger partial charge in [0.15, 0.2) is 11.5 Å². The summed E-state index contributed by atoms with van der Waals surface area (Å²) in [4.78, 5) is 23.0. The van der Waals surface area contributed by atoms with E-state index in [0.717, 1.165) is 28.8 Å². The number of amides is 1. The van der Waals surface area contributed by atoms with E-state index in [1.54, 1.807) is 12.4 Å². The van der Waals surface area contributed by atoms with Gasteiger partial charge in [-0.3, -0.25) is 4.40 Å². The number of carbonyl (C=O) groups excluding carboxylic acids is 1. The van der Waals surface area contributed by atoms with Crippen LogP contribution in [0.15, 0.2) is 47.5 Å². The lowest BCUT2D eigenvalue weighted by Crippen LogP contribution is -2.41. The first-order chi connectivity index (χ1) is 14.3. The molecule has 4 rings (SSSR count). The summed E-state index contributed by atoms with van der Waals surface area (Å²) in [5, 5.41) is 3.39. The lowest BCUT2D eigenvalue weighted by molar-refractivity contribution is 0.0205. The Kier molecular flexibility index (Phi) is 5.69. The van der Waals surface area contributed by atoms with E-state index in [1.165, 1.54) is 5.56 Å². The molecule has 1 N–H and O–H groups in total. The number of piperidine rings is 1. The molecule has 0 aliphatic carbocycles. The molecule has 158 valence electrons. The number of hydrogen-bond acceptors (Lipinski definition) is 5. The van der Waals surface area contributed by atoms with Crippen molar-refractivity contribution in [1.82, 2.24) is 19.3 Å². The highest BCUT2D eigenvalue weighted by Crippen LogP contribution is 2.31. The van der Waals surface area contributed by atoms with E-state index in [9.17, 15) is 4.79 Å². The van der Waals surface area contributed by atoms with Crippen LogP contribution in [0.3, 0.4) is 0 Å². The van der Waals surface area contributed by atoms with Crippen molar-refractivity contribution in [3.05, 3.63) is 53.0 Å². The van der Waals surface area contributed by atoms with Gasteiger partial charge in [0.25, 0.3) is 0 Å². The summed E-state index contributed by atoms with van der Waals surface area (Å²) in [6.07, 6.45) is 7.02. The molecule has 3 heterocycles. The van der Waals surface area contributed by atoms with Gasteiger partial charge in [-0.1, -0.05) is 12.1 Å². The fourth-order valence-corrected chi connectivity index (χ4v) is 4.09. The van der Waals surface area contributed by atoms with Crippen molar-refractivity contribution in [3.8, 4) is 0 Å². The molecule has 0 bridgehead atoms. The number of rotatable bonds is 3. The Bertz CT molecular complexity index is 1050. The second-order valence-corrected chi connectivity index (χ2v) is 9.35. The molecule has 0 saturated carbocycles. The molecule has 1 fully saturated rings. The molecule has 0 spiro atoms. The molecule has 1 saturated heterocycles. The van der Waals surface area contributed by atoms with Gasteiger partial charge in [0, 0.05) is 31.2 Å². The van der Waals surface area contributed by atoms with Crippen LogP contribution in [0.2, 0.25) is 0 Å². The minimum atomic E-state index is -0.463. The summed E-state index contributed by atoms with van der Waals surface area (Å²) in [6, 6.07) is 8.40. The largest absolute Gasteiger partial charge is 0.444 e. The van der Waals surface area contributed by atoms with Gasteiger partial charge in [-0.05, 0) is 73.2 Å². The maximum Gasteiger partial charge on any atom is 0.410 e. The van der Waals surface area contributed by atoms with E-state index in [2.05, 4.69) is 49.4 Å². The highest BCUT2D eigenvalue weighted by atomic mass is 79.9. The number of anilines is 2. The summed E-state index contributed by atoms with van der Waals surface area (Å²) in [5.74, 6) is 1.12. The Morgan fingerprint density at radius 3 is 2.73 bits per heavy atom. The predicted octanol–water partition coefficient (Wildman–Crippen LogP) is 5.35. The Balaban J connectivity index is 1.44. The number of fused-ring (bicyclic) bond motifs is 1. The van der Waals surface area contributed by atoms with Crippen LogP contribution >= 0.6 is 15.9 Å². The number of halogens is 1. The minimum Gasteiger partial charge on any atom is -0.444 e. The zero-order valence-electron chi connectivity index (χ0n) is 17.4. The van der Waals surface area contributed by atoms with Crippen molar-refractivity contribution < 1.29 is 9.53 Å². The van der Waals surface area contributed by atoms with Crippen molar-refractivity contribution in [2.45, 2.75) is 45.1 Å². The Morgan fingerprint density at radius 1 is 1.23 bits per heavy atom. The quantitative estimate of drug-likeness (QED) is 0.557. The van der Waals surface area contributed by atoms with Crippen molar-refractivity contribution in [3.63, 3.8) is 0 Å². The molecule has 1 aliphatic heterocycles. The van der Waals surface area contributed by atoms with Gasteiger partial charge in [-0.25, -0.2) is 14.8 Å². The lowest BCUT2D eigenvalue weighted by atomic mass is 9.89. The summed E-state index contributed by atoms with van der Waals surface area (Å²) in [5.41, 5.74) is 2.54. The highest BCUT2D eigenvalue weighted by Gasteiger charge is 2.27. The second kappa shape index (κ2) is 8.26. The molecule has 0 radical (unpaired) electrons. The molecule has 0 atom stereocenters. The van der Waals surface area contributed by atoms with Gasteiger partial charge in [0.05, 0.1) is 6.20 Å². The normalized spacial score (nSPS) is 15.4. The molecular formula is C22H26BrN5O2. The molecule has 1 amide bonds. The van der Waals surface area contributed by atoms with Crippen LogP contribution in [-0.2, 0) is 4.74 Å². The second-order valence-electron chi connectivity index (χ2n) is 8.54. The molecule has 3 aromatic rings. The van der Waals surface area contributed by atoms with Crippen LogP contribution in [0.1, 0.15) is 45.1 Å². The van der Waals surface area contributed by atoms with Crippen molar-refractivity contribution in [2.75, 3.05) is 18.4 Å². The van der Waals surface area contributed by atoms with Gasteiger partial charge in [0.1, 0.15) is 10.2 Å². The number of imidazole rings is 1. The van der Waals surface area contributed by atoms with Crippen LogP contribution < -0.4 is 5.32 Å². The molecule has 1 aromatic carbocycles. The number of likely N-dealkylation sites (tertiary alicyclic amines) is 1. The van der Waals surface area contributed by atoms with Gasteiger partial charge in [-0.15, -0.1) is 0 Å². The third-order valence-electron chi connectivity index (χ3n) is 5.15. The number of aromatic nitrogens is 3. The molecule has 0 unspecified atom stereocenters. The first-order valence-electron chi connectivity index (χ1n) is 10.1. The van der Waals surface area contributed by atoms with Crippen LogP contribution in [-0.4, -0.2) is 44.1 Å². The fourth-order valence-electron chi connectivity index (χ4n) is 3.71. The van der Waals surface area contributed by atoms with Crippen LogP contribution in [0.25, 0.3) is 5.65 Å². The smallest absolute Gasteiger partial charge is 0.410 e. The number of ether oxygens (including phenoxy) is 1. The first-order valence-corrected chi connectivity index (χ1v) is 10.9. The number of hydrogen-bond donors (Lipinski definition) is 1. The van der Waals surface area contributed by atoms with Crippen LogP contribution in [0, 0.1) is 0 Å². The van der Waals surface area contributed by atoms with Gasteiger partial charge < -0.3 is 15.0 Å². The molecule has 30 heavy (non-hydrogen) atoms. The third-order valence-corrected chi connectivity index (χ3v) is 5.74. The summed E-state index contributed by atoms with van der Waals surface area (Å²) in [7, 11) is 0. The Hall–Kier alpha value is -2.61. The van der Waals surface area contributed by atoms with E-state index >= 15 is 0 Å². The monoisotopic (exact) mass is 471 g/mol. The number of benzene rings is 1.